The highest BCUT2D eigenvalue weighted by Crippen LogP contribution is 2.35. The van der Waals surface area contributed by atoms with Gasteiger partial charge in [-0.15, -0.1) is 5.10 Å². The molecule has 0 bridgehead atoms. The van der Waals surface area contributed by atoms with Crippen molar-refractivity contribution in [3.63, 3.8) is 0 Å². The van der Waals surface area contributed by atoms with E-state index in [2.05, 4.69) is 21.6 Å². The predicted molar refractivity (Wildman–Crippen MR) is 94.3 cm³/mol. The van der Waals surface area contributed by atoms with Crippen molar-refractivity contribution in [2.45, 2.75) is 31.2 Å². The first-order chi connectivity index (χ1) is 11.6. The van der Waals surface area contributed by atoms with Gasteiger partial charge in [0.25, 0.3) is 0 Å². The molecule has 1 aromatic heterocycles. The molecule has 1 atom stereocenters. The van der Waals surface area contributed by atoms with Crippen LogP contribution >= 0.6 is 11.8 Å². The number of tetrazole rings is 1. The van der Waals surface area contributed by atoms with Gasteiger partial charge in [0.15, 0.2) is 0 Å². The van der Waals surface area contributed by atoms with Gasteiger partial charge in [-0.05, 0) is 54.0 Å². The third kappa shape index (κ3) is 3.38. The first kappa shape index (κ1) is 16.4. The van der Waals surface area contributed by atoms with E-state index in [4.69, 9.17) is 0 Å². The van der Waals surface area contributed by atoms with E-state index in [1.807, 2.05) is 56.3 Å². The van der Waals surface area contributed by atoms with Gasteiger partial charge in [-0.25, -0.2) is 0 Å². The highest BCUT2D eigenvalue weighted by molar-refractivity contribution is 8.00. The van der Waals surface area contributed by atoms with Crippen LogP contribution in [0.4, 0.5) is 0 Å². The lowest BCUT2D eigenvalue weighted by Crippen LogP contribution is -2.08. The zero-order chi connectivity index (χ0) is 17.1. The summed E-state index contributed by atoms with van der Waals surface area (Å²) in [5.41, 5.74) is 4.09. The summed E-state index contributed by atoms with van der Waals surface area (Å²) in [7, 11) is 0. The van der Waals surface area contributed by atoms with Crippen LogP contribution in [-0.4, -0.2) is 26.0 Å². The fourth-order valence-corrected chi connectivity index (χ4v) is 3.46. The zero-order valence-electron chi connectivity index (χ0n) is 13.8. The van der Waals surface area contributed by atoms with Gasteiger partial charge in [0, 0.05) is 0 Å². The molecule has 0 amide bonds. The normalized spacial score (nSPS) is 12.1. The van der Waals surface area contributed by atoms with Gasteiger partial charge in [-0.2, -0.15) is 4.68 Å². The van der Waals surface area contributed by atoms with Crippen molar-refractivity contribution in [3.05, 3.63) is 65.2 Å². The van der Waals surface area contributed by atoms with Gasteiger partial charge < -0.3 is 0 Å². The second-order valence-electron chi connectivity index (χ2n) is 5.68. The molecule has 0 aliphatic rings. The molecule has 24 heavy (non-hydrogen) atoms. The zero-order valence-corrected chi connectivity index (χ0v) is 14.6. The molecule has 0 fully saturated rings. The van der Waals surface area contributed by atoms with Crippen LogP contribution in [0.15, 0.2) is 53.7 Å². The standard InChI is InChI=1S/C18H18N4OS/c1-12-9-10-13(2)16(11-12)22-18(19-20-21-22)24-17(14(3)23)15-7-5-4-6-8-15/h4-11,17H,1-3H3/t17-/m0/s1. The van der Waals surface area contributed by atoms with E-state index in [9.17, 15) is 4.79 Å². The number of thioether (sulfide) groups is 1. The van der Waals surface area contributed by atoms with Crippen LogP contribution in [0.1, 0.15) is 28.9 Å². The number of benzene rings is 2. The lowest BCUT2D eigenvalue weighted by molar-refractivity contribution is -0.116. The number of aromatic nitrogens is 4. The molecule has 2 aromatic carbocycles. The number of ketones is 1. The maximum absolute atomic E-state index is 12.1. The summed E-state index contributed by atoms with van der Waals surface area (Å²) in [6.07, 6.45) is 0. The molecule has 1 heterocycles. The van der Waals surface area contributed by atoms with Crippen molar-refractivity contribution in [3.8, 4) is 5.69 Å². The maximum Gasteiger partial charge on any atom is 0.215 e. The second kappa shape index (κ2) is 6.97. The van der Waals surface area contributed by atoms with Gasteiger partial charge in [0.1, 0.15) is 5.78 Å². The summed E-state index contributed by atoms with van der Waals surface area (Å²) in [5.74, 6) is 0.0710. The molecule has 5 nitrogen and oxygen atoms in total. The lowest BCUT2D eigenvalue weighted by atomic mass is 10.1. The van der Waals surface area contributed by atoms with Gasteiger partial charge in [-0.3, -0.25) is 4.79 Å². The van der Waals surface area contributed by atoms with Crippen LogP contribution in [0.2, 0.25) is 0 Å². The number of aryl methyl sites for hydroxylation is 2. The molecule has 0 spiro atoms. The largest absolute Gasteiger partial charge is 0.298 e. The average Bonchev–Trinajstić information content (AvgIpc) is 3.03. The Bertz CT molecular complexity index is 860. The molecule has 0 N–H and O–H groups in total. The summed E-state index contributed by atoms with van der Waals surface area (Å²) >= 11 is 1.37. The highest BCUT2D eigenvalue weighted by Gasteiger charge is 2.22. The molecule has 0 saturated heterocycles. The smallest absolute Gasteiger partial charge is 0.215 e. The monoisotopic (exact) mass is 338 g/mol. The molecule has 0 unspecified atom stereocenters. The van der Waals surface area contributed by atoms with Crippen molar-refractivity contribution in [1.29, 1.82) is 0 Å². The number of hydrogen-bond donors (Lipinski definition) is 0. The van der Waals surface area contributed by atoms with Gasteiger partial charge in [0.2, 0.25) is 5.16 Å². The quantitative estimate of drug-likeness (QED) is 0.664. The topological polar surface area (TPSA) is 60.7 Å². The van der Waals surface area contributed by atoms with E-state index in [-0.39, 0.29) is 11.0 Å². The van der Waals surface area contributed by atoms with Crippen molar-refractivity contribution in [1.82, 2.24) is 20.2 Å². The van der Waals surface area contributed by atoms with Crippen LogP contribution in [0.25, 0.3) is 5.69 Å². The molecule has 0 aliphatic carbocycles. The average molecular weight is 338 g/mol. The lowest BCUT2D eigenvalue weighted by Gasteiger charge is -2.14. The number of carbonyl (C=O) groups excluding carboxylic acids is 1. The van der Waals surface area contributed by atoms with Gasteiger partial charge in [-0.1, -0.05) is 54.2 Å². The Kier molecular flexibility index (Phi) is 4.76. The molecule has 0 radical (unpaired) electrons. The third-order valence-corrected chi connectivity index (χ3v) is 5.03. The SMILES string of the molecule is CC(=O)[C@H](Sc1nnnn1-c1cc(C)ccc1C)c1ccccc1. The van der Waals surface area contributed by atoms with Crippen molar-refractivity contribution in [2.75, 3.05) is 0 Å². The van der Waals surface area contributed by atoms with Crippen LogP contribution in [0.3, 0.4) is 0 Å². The molecule has 0 aliphatic heterocycles. The molecular weight excluding hydrogens is 320 g/mol. The minimum absolute atomic E-state index is 0.0710. The number of nitrogens with zero attached hydrogens (tertiary/aromatic N) is 4. The van der Waals surface area contributed by atoms with Gasteiger partial charge in [0.05, 0.1) is 10.9 Å². The molecule has 3 aromatic rings. The van der Waals surface area contributed by atoms with E-state index in [1.165, 1.54) is 11.8 Å². The molecule has 6 heteroatoms. The molecule has 3 rings (SSSR count). The summed E-state index contributed by atoms with van der Waals surface area (Å²) < 4.78 is 1.70. The number of carbonyl (C=O) groups is 1. The Morgan fingerprint density at radius 1 is 1.12 bits per heavy atom. The second-order valence-corrected chi connectivity index (χ2v) is 6.75. The van der Waals surface area contributed by atoms with Crippen molar-refractivity contribution in [2.24, 2.45) is 0 Å². The first-order valence-electron chi connectivity index (χ1n) is 7.64. The van der Waals surface area contributed by atoms with Crippen LogP contribution in [0.5, 0.6) is 0 Å². The van der Waals surface area contributed by atoms with Crippen LogP contribution in [-0.2, 0) is 4.79 Å². The van der Waals surface area contributed by atoms with Crippen molar-refractivity contribution < 1.29 is 4.79 Å². The van der Waals surface area contributed by atoms with E-state index in [1.54, 1.807) is 11.6 Å². The Hall–Kier alpha value is -2.47. The van der Waals surface area contributed by atoms with Crippen LogP contribution in [0, 0.1) is 13.8 Å². The molecule has 0 saturated carbocycles. The Morgan fingerprint density at radius 3 is 2.58 bits per heavy atom. The maximum atomic E-state index is 12.1. The van der Waals surface area contributed by atoms with Gasteiger partial charge >= 0.3 is 0 Å². The van der Waals surface area contributed by atoms with Crippen molar-refractivity contribution >= 4 is 17.5 Å². The summed E-state index contributed by atoms with van der Waals surface area (Å²) in [6.45, 7) is 5.64. The summed E-state index contributed by atoms with van der Waals surface area (Å²) in [6, 6.07) is 15.8. The highest BCUT2D eigenvalue weighted by atomic mass is 32.2. The molecular formula is C18H18N4OS. The summed E-state index contributed by atoms with van der Waals surface area (Å²) in [4.78, 5) is 12.1. The van der Waals surface area contributed by atoms with E-state index < -0.39 is 0 Å². The van der Waals surface area contributed by atoms with Crippen LogP contribution < -0.4 is 0 Å². The Morgan fingerprint density at radius 2 is 1.88 bits per heavy atom. The molecule has 122 valence electrons. The van der Waals surface area contributed by atoms with E-state index >= 15 is 0 Å². The minimum atomic E-state index is -0.332. The number of rotatable bonds is 5. The predicted octanol–water partition coefficient (Wildman–Crippen LogP) is 3.70. The number of Topliss-reactive ketones (excluding diaryl/α,β-unsaturated/α-hetero) is 1. The van der Waals surface area contributed by atoms with E-state index in [0.717, 1.165) is 22.4 Å². The Labute approximate surface area is 145 Å². The minimum Gasteiger partial charge on any atom is -0.298 e. The fraction of sp³-hybridized carbons (Fsp3) is 0.222. The Balaban J connectivity index is 1.98. The fourth-order valence-electron chi connectivity index (χ4n) is 2.47. The third-order valence-electron chi connectivity index (χ3n) is 3.73. The first-order valence-corrected chi connectivity index (χ1v) is 8.52. The summed E-state index contributed by atoms with van der Waals surface area (Å²) in [5, 5.41) is 12.3. The number of hydrogen-bond acceptors (Lipinski definition) is 5. The van der Waals surface area contributed by atoms with E-state index in [0.29, 0.717) is 5.16 Å².